The van der Waals surface area contributed by atoms with Gasteiger partial charge in [0.25, 0.3) is 0 Å². The molecule has 0 unspecified atom stereocenters. The lowest BCUT2D eigenvalue weighted by molar-refractivity contribution is 0.234. The Bertz CT molecular complexity index is 629. The molecule has 2 heteroatoms. The summed E-state index contributed by atoms with van der Waals surface area (Å²) in [5.74, 6) is 0.992. The Labute approximate surface area is 120 Å². The van der Waals surface area contributed by atoms with Gasteiger partial charge in [-0.1, -0.05) is 44.2 Å². The quantitative estimate of drug-likeness (QED) is 0.895. The van der Waals surface area contributed by atoms with E-state index in [1.54, 1.807) is 0 Å². The van der Waals surface area contributed by atoms with Crippen LogP contribution in [0.3, 0.4) is 0 Å². The number of hydrogen-bond donors (Lipinski definition) is 1. The van der Waals surface area contributed by atoms with Crippen LogP contribution in [-0.4, -0.2) is 11.7 Å². The predicted molar refractivity (Wildman–Crippen MR) is 80.9 cm³/mol. The molecule has 3 rings (SSSR count). The Morgan fingerprint density at radius 1 is 1.15 bits per heavy atom. The van der Waals surface area contributed by atoms with Gasteiger partial charge in [-0.15, -0.1) is 0 Å². The molecule has 1 heterocycles. The highest BCUT2D eigenvalue weighted by molar-refractivity contribution is 5.69. The third-order valence-corrected chi connectivity index (χ3v) is 4.19. The number of benzene rings is 2. The van der Waals surface area contributed by atoms with Gasteiger partial charge in [-0.3, -0.25) is 0 Å². The zero-order valence-corrected chi connectivity index (χ0v) is 12.0. The summed E-state index contributed by atoms with van der Waals surface area (Å²) in [6, 6.07) is 14.3. The number of hydrogen-bond acceptors (Lipinski definition) is 2. The van der Waals surface area contributed by atoms with Crippen molar-refractivity contribution >= 4 is 0 Å². The van der Waals surface area contributed by atoms with Crippen molar-refractivity contribution in [3.63, 3.8) is 0 Å². The zero-order chi connectivity index (χ0) is 14.2. The van der Waals surface area contributed by atoms with Crippen LogP contribution in [0, 0.1) is 0 Å². The maximum Gasteiger partial charge on any atom is 0.123 e. The van der Waals surface area contributed by atoms with Gasteiger partial charge in [0.15, 0.2) is 0 Å². The van der Waals surface area contributed by atoms with Crippen molar-refractivity contribution in [1.29, 1.82) is 0 Å². The van der Waals surface area contributed by atoms with E-state index in [2.05, 4.69) is 38.1 Å². The minimum absolute atomic E-state index is 0.0626. The second-order valence-electron chi connectivity index (χ2n) is 6.01. The highest BCUT2D eigenvalue weighted by Gasteiger charge is 2.28. The summed E-state index contributed by atoms with van der Waals surface area (Å²) in [5, 5.41) is 9.50. The molecule has 2 aromatic carbocycles. The third kappa shape index (κ3) is 2.20. The molecule has 0 aliphatic carbocycles. The molecule has 0 saturated carbocycles. The van der Waals surface area contributed by atoms with Crippen molar-refractivity contribution in [2.24, 2.45) is 0 Å². The molecular formula is C18H20O2. The molecule has 0 bridgehead atoms. The van der Waals surface area contributed by atoms with Gasteiger partial charge in [0.05, 0.1) is 13.2 Å². The van der Waals surface area contributed by atoms with Crippen LogP contribution in [0.15, 0.2) is 42.5 Å². The molecule has 104 valence electrons. The fourth-order valence-electron chi connectivity index (χ4n) is 2.84. The van der Waals surface area contributed by atoms with Crippen molar-refractivity contribution < 1.29 is 9.84 Å². The molecule has 2 aromatic rings. The summed E-state index contributed by atoms with van der Waals surface area (Å²) in [7, 11) is 0. The zero-order valence-electron chi connectivity index (χ0n) is 12.0. The predicted octanol–water partition coefficient (Wildman–Crippen LogP) is 3.91. The fourth-order valence-corrected chi connectivity index (χ4v) is 2.84. The highest BCUT2D eigenvalue weighted by atomic mass is 16.5. The topological polar surface area (TPSA) is 29.5 Å². The molecule has 0 atom stereocenters. The van der Waals surface area contributed by atoms with Crippen LogP contribution in [0.4, 0.5) is 0 Å². The van der Waals surface area contributed by atoms with Gasteiger partial charge in [0, 0.05) is 5.56 Å². The third-order valence-electron chi connectivity index (χ3n) is 4.19. The maximum atomic E-state index is 9.50. The second-order valence-corrected chi connectivity index (χ2v) is 6.01. The van der Waals surface area contributed by atoms with E-state index < -0.39 is 0 Å². The molecular weight excluding hydrogens is 248 g/mol. The number of rotatable bonds is 2. The van der Waals surface area contributed by atoms with E-state index in [0.29, 0.717) is 0 Å². The lowest BCUT2D eigenvalue weighted by Gasteiger charge is -2.32. The number of fused-ring (bicyclic) bond motifs is 1. The molecule has 0 spiro atoms. The average molecular weight is 268 g/mol. The SMILES string of the molecule is CC1(C)CCOc2ccc(-c3ccccc3CO)cc21. The van der Waals surface area contributed by atoms with E-state index in [1.165, 1.54) is 5.56 Å². The Hall–Kier alpha value is -1.80. The number of aliphatic hydroxyl groups is 1. The number of ether oxygens (including phenoxy) is 1. The van der Waals surface area contributed by atoms with E-state index in [-0.39, 0.29) is 12.0 Å². The van der Waals surface area contributed by atoms with Gasteiger partial charge in [0.1, 0.15) is 5.75 Å². The van der Waals surface area contributed by atoms with E-state index in [9.17, 15) is 5.11 Å². The summed E-state index contributed by atoms with van der Waals surface area (Å²) in [6.45, 7) is 5.37. The van der Waals surface area contributed by atoms with Crippen LogP contribution < -0.4 is 4.74 Å². The molecule has 1 aliphatic heterocycles. The first-order valence-corrected chi connectivity index (χ1v) is 7.08. The van der Waals surface area contributed by atoms with E-state index >= 15 is 0 Å². The van der Waals surface area contributed by atoms with Gasteiger partial charge >= 0.3 is 0 Å². The molecule has 0 radical (unpaired) electrons. The minimum Gasteiger partial charge on any atom is -0.493 e. The van der Waals surface area contributed by atoms with Gasteiger partial charge in [-0.2, -0.15) is 0 Å². The van der Waals surface area contributed by atoms with Crippen molar-refractivity contribution in [2.45, 2.75) is 32.3 Å². The average Bonchev–Trinajstić information content (AvgIpc) is 2.47. The van der Waals surface area contributed by atoms with Crippen LogP contribution in [0.25, 0.3) is 11.1 Å². The molecule has 1 N–H and O–H groups in total. The van der Waals surface area contributed by atoms with E-state index in [4.69, 9.17) is 4.74 Å². The van der Waals surface area contributed by atoms with Crippen molar-refractivity contribution in [2.75, 3.05) is 6.61 Å². The normalized spacial score (nSPS) is 16.4. The summed E-state index contributed by atoms with van der Waals surface area (Å²) in [6.07, 6.45) is 1.03. The van der Waals surface area contributed by atoms with Crippen LogP contribution in [0.2, 0.25) is 0 Å². The minimum atomic E-state index is 0.0626. The first-order chi connectivity index (χ1) is 9.62. The van der Waals surface area contributed by atoms with Gasteiger partial charge in [0.2, 0.25) is 0 Å². The second kappa shape index (κ2) is 4.95. The van der Waals surface area contributed by atoms with E-state index in [0.717, 1.165) is 35.5 Å². The first-order valence-electron chi connectivity index (χ1n) is 7.08. The Morgan fingerprint density at radius 3 is 2.75 bits per heavy atom. The standard InChI is InChI=1S/C18H20O2/c1-18(2)9-10-20-17-8-7-13(11-16(17)18)15-6-4-3-5-14(15)12-19/h3-8,11,19H,9-10,12H2,1-2H3. The molecule has 0 saturated heterocycles. The molecule has 1 aliphatic rings. The Kier molecular flexibility index (Phi) is 3.27. The summed E-state index contributed by atoms with van der Waals surface area (Å²) in [5.41, 5.74) is 4.60. The summed E-state index contributed by atoms with van der Waals surface area (Å²) in [4.78, 5) is 0. The smallest absolute Gasteiger partial charge is 0.123 e. The van der Waals surface area contributed by atoms with Gasteiger partial charge in [-0.05, 0) is 40.7 Å². The monoisotopic (exact) mass is 268 g/mol. The van der Waals surface area contributed by atoms with Crippen molar-refractivity contribution in [3.05, 3.63) is 53.6 Å². The Balaban J connectivity index is 2.13. The molecule has 0 amide bonds. The van der Waals surface area contributed by atoms with Crippen LogP contribution >= 0.6 is 0 Å². The van der Waals surface area contributed by atoms with Crippen LogP contribution in [-0.2, 0) is 12.0 Å². The fraction of sp³-hybridized carbons (Fsp3) is 0.333. The lowest BCUT2D eigenvalue weighted by atomic mass is 9.78. The largest absolute Gasteiger partial charge is 0.493 e. The first kappa shape index (κ1) is 13.2. The maximum absolute atomic E-state index is 9.50. The summed E-state index contributed by atoms with van der Waals surface area (Å²) < 4.78 is 5.76. The van der Waals surface area contributed by atoms with Crippen molar-refractivity contribution in [1.82, 2.24) is 0 Å². The van der Waals surface area contributed by atoms with E-state index in [1.807, 2.05) is 18.2 Å². The number of aliphatic hydroxyl groups excluding tert-OH is 1. The molecule has 0 fully saturated rings. The van der Waals surface area contributed by atoms with Crippen molar-refractivity contribution in [3.8, 4) is 16.9 Å². The van der Waals surface area contributed by atoms with Crippen LogP contribution in [0.1, 0.15) is 31.4 Å². The highest BCUT2D eigenvalue weighted by Crippen LogP contribution is 2.40. The molecule has 0 aromatic heterocycles. The van der Waals surface area contributed by atoms with Gasteiger partial charge in [-0.25, -0.2) is 0 Å². The lowest BCUT2D eigenvalue weighted by Crippen LogP contribution is -2.26. The molecule has 2 nitrogen and oxygen atoms in total. The Morgan fingerprint density at radius 2 is 1.95 bits per heavy atom. The molecule has 20 heavy (non-hydrogen) atoms. The van der Waals surface area contributed by atoms with Gasteiger partial charge < -0.3 is 9.84 Å². The summed E-state index contributed by atoms with van der Waals surface area (Å²) >= 11 is 0. The van der Waals surface area contributed by atoms with Crippen LogP contribution in [0.5, 0.6) is 5.75 Å².